The summed E-state index contributed by atoms with van der Waals surface area (Å²) in [4.78, 5) is 27.3. The van der Waals surface area contributed by atoms with Gasteiger partial charge in [0.2, 0.25) is 0 Å². The van der Waals surface area contributed by atoms with E-state index in [0.29, 0.717) is 18.9 Å². The SMILES string of the molecule is CCCCN1C(=O)C(O)=C(C(=O)C(C)(C)C)C1c1cccc(OCC)c1. The highest BCUT2D eigenvalue weighted by molar-refractivity contribution is 6.10. The first-order valence-electron chi connectivity index (χ1n) is 9.24. The molecule has 0 saturated carbocycles. The molecule has 0 radical (unpaired) electrons. The highest BCUT2D eigenvalue weighted by atomic mass is 16.5. The molecule has 1 amide bonds. The molecule has 142 valence electrons. The van der Waals surface area contributed by atoms with Gasteiger partial charge in [-0.25, -0.2) is 0 Å². The summed E-state index contributed by atoms with van der Waals surface area (Å²) < 4.78 is 5.57. The van der Waals surface area contributed by atoms with Crippen LogP contribution in [0.2, 0.25) is 0 Å². The number of rotatable bonds is 7. The van der Waals surface area contributed by atoms with Gasteiger partial charge in [0.05, 0.1) is 18.2 Å². The number of ketones is 1. The Balaban J connectivity index is 2.55. The van der Waals surface area contributed by atoms with E-state index in [0.717, 1.165) is 18.4 Å². The Labute approximate surface area is 155 Å². The molecular formula is C21H29NO4. The van der Waals surface area contributed by atoms with Crippen LogP contribution in [-0.4, -0.2) is 34.8 Å². The van der Waals surface area contributed by atoms with Crippen LogP contribution in [0.3, 0.4) is 0 Å². The van der Waals surface area contributed by atoms with Gasteiger partial charge in [-0.1, -0.05) is 46.2 Å². The Kier molecular flexibility index (Phi) is 6.11. The van der Waals surface area contributed by atoms with Crippen LogP contribution in [0.4, 0.5) is 0 Å². The van der Waals surface area contributed by atoms with Crippen molar-refractivity contribution in [3.05, 3.63) is 41.2 Å². The fourth-order valence-corrected chi connectivity index (χ4v) is 3.14. The summed E-state index contributed by atoms with van der Waals surface area (Å²) in [5.74, 6) is -0.429. The van der Waals surface area contributed by atoms with E-state index < -0.39 is 23.1 Å². The van der Waals surface area contributed by atoms with Crippen molar-refractivity contribution < 1.29 is 19.4 Å². The Morgan fingerprint density at radius 3 is 2.54 bits per heavy atom. The number of nitrogens with zero attached hydrogens (tertiary/aromatic N) is 1. The van der Waals surface area contributed by atoms with Gasteiger partial charge in [0.15, 0.2) is 11.5 Å². The number of unbranched alkanes of at least 4 members (excludes halogenated alkanes) is 1. The van der Waals surface area contributed by atoms with Crippen LogP contribution in [0.25, 0.3) is 0 Å². The highest BCUT2D eigenvalue weighted by Gasteiger charge is 2.45. The van der Waals surface area contributed by atoms with Gasteiger partial charge in [-0.3, -0.25) is 9.59 Å². The normalized spacial score (nSPS) is 17.8. The molecule has 1 aromatic carbocycles. The molecule has 5 nitrogen and oxygen atoms in total. The standard InChI is InChI=1S/C21H29NO4/c1-6-8-12-22-17(14-10-9-11-15(13-14)26-7-2)16(18(23)20(22)25)19(24)21(3,4)5/h9-11,13,17,23H,6-8,12H2,1-5H3. The number of aliphatic hydroxyl groups excluding tert-OH is 1. The fraction of sp³-hybridized carbons (Fsp3) is 0.524. The average Bonchev–Trinajstić information content (AvgIpc) is 2.83. The van der Waals surface area contributed by atoms with Crippen molar-refractivity contribution in [3.8, 4) is 5.75 Å². The summed E-state index contributed by atoms with van der Waals surface area (Å²) >= 11 is 0. The van der Waals surface area contributed by atoms with E-state index in [2.05, 4.69) is 0 Å². The van der Waals surface area contributed by atoms with Crippen molar-refractivity contribution in [3.63, 3.8) is 0 Å². The third-order valence-electron chi connectivity index (χ3n) is 4.47. The van der Waals surface area contributed by atoms with Crippen LogP contribution in [0.1, 0.15) is 59.1 Å². The van der Waals surface area contributed by atoms with E-state index in [-0.39, 0.29) is 11.4 Å². The Morgan fingerprint density at radius 2 is 1.96 bits per heavy atom. The molecule has 0 spiro atoms. The van der Waals surface area contributed by atoms with Gasteiger partial charge in [0, 0.05) is 12.0 Å². The molecule has 1 N–H and O–H groups in total. The van der Waals surface area contributed by atoms with E-state index in [1.807, 2.05) is 38.1 Å². The summed E-state index contributed by atoms with van der Waals surface area (Å²) in [6, 6.07) is 6.82. The molecule has 2 rings (SSSR count). The van der Waals surface area contributed by atoms with Gasteiger partial charge in [0.25, 0.3) is 5.91 Å². The Hall–Kier alpha value is -2.30. The van der Waals surface area contributed by atoms with Crippen molar-refractivity contribution in [1.82, 2.24) is 4.90 Å². The molecule has 0 bridgehead atoms. The van der Waals surface area contributed by atoms with Gasteiger partial charge in [0.1, 0.15) is 5.75 Å². The molecule has 1 aliphatic rings. The lowest BCUT2D eigenvalue weighted by Gasteiger charge is -2.29. The Morgan fingerprint density at radius 1 is 1.27 bits per heavy atom. The second-order valence-electron chi connectivity index (χ2n) is 7.60. The molecule has 1 aromatic rings. The number of carbonyl (C=O) groups excluding carboxylic acids is 2. The maximum atomic E-state index is 13.0. The number of Topliss-reactive ketones (excluding diaryl/α,β-unsaturated/α-hetero) is 1. The number of hydrogen-bond acceptors (Lipinski definition) is 4. The molecule has 0 aliphatic carbocycles. The largest absolute Gasteiger partial charge is 0.503 e. The predicted molar refractivity (Wildman–Crippen MR) is 101 cm³/mol. The van der Waals surface area contributed by atoms with E-state index in [1.54, 1.807) is 25.7 Å². The molecule has 0 aromatic heterocycles. The molecule has 1 atom stereocenters. The second kappa shape index (κ2) is 7.94. The van der Waals surface area contributed by atoms with Crippen LogP contribution >= 0.6 is 0 Å². The number of amides is 1. The molecule has 5 heteroatoms. The summed E-state index contributed by atoms with van der Waals surface area (Å²) in [5.41, 5.74) is 0.268. The lowest BCUT2D eigenvalue weighted by Crippen LogP contribution is -2.33. The average molecular weight is 359 g/mol. The molecule has 1 unspecified atom stereocenters. The van der Waals surface area contributed by atoms with E-state index in [1.165, 1.54) is 0 Å². The van der Waals surface area contributed by atoms with E-state index >= 15 is 0 Å². The molecular weight excluding hydrogens is 330 g/mol. The second-order valence-corrected chi connectivity index (χ2v) is 7.60. The highest BCUT2D eigenvalue weighted by Crippen LogP contribution is 2.41. The lowest BCUT2D eigenvalue weighted by atomic mass is 9.82. The topological polar surface area (TPSA) is 66.8 Å². The molecule has 0 fully saturated rings. The zero-order valence-electron chi connectivity index (χ0n) is 16.3. The summed E-state index contributed by atoms with van der Waals surface area (Å²) in [6.07, 6.45) is 1.72. The molecule has 1 heterocycles. The van der Waals surface area contributed by atoms with Crippen molar-refractivity contribution >= 4 is 11.7 Å². The zero-order chi connectivity index (χ0) is 19.5. The number of benzene rings is 1. The first-order valence-corrected chi connectivity index (χ1v) is 9.24. The smallest absolute Gasteiger partial charge is 0.290 e. The van der Waals surface area contributed by atoms with Crippen LogP contribution in [-0.2, 0) is 9.59 Å². The summed E-state index contributed by atoms with van der Waals surface area (Å²) in [7, 11) is 0. The van der Waals surface area contributed by atoms with Gasteiger partial charge in [-0.05, 0) is 31.0 Å². The Bertz CT molecular complexity index is 715. The van der Waals surface area contributed by atoms with Crippen molar-refractivity contribution in [2.75, 3.05) is 13.2 Å². The van der Waals surface area contributed by atoms with Crippen LogP contribution < -0.4 is 4.74 Å². The quantitative estimate of drug-likeness (QED) is 0.792. The van der Waals surface area contributed by atoms with Crippen LogP contribution in [0.15, 0.2) is 35.6 Å². The molecule has 1 aliphatic heterocycles. The minimum absolute atomic E-state index is 0.187. The number of ether oxygens (including phenoxy) is 1. The zero-order valence-corrected chi connectivity index (χ0v) is 16.3. The predicted octanol–water partition coefficient (Wildman–Crippen LogP) is 4.20. The first-order chi connectivity index (χ1) is 12.2. The maximum absolute atomic E-state index is 13.0. The summed E-state index contributed by atoms with van der Waals surface area (Å²) in [5, 5.41) is 10.5. The van der Waals surface area contributed by atoms with E-state index in [9.17, 15) is 14.7 Å². The van der Waals surface area contributed by atoms with Crippen LogP contribution in [0.5, 0.6) is 5.75 Å². The minimum atomic E-state index is -0.694. The minimum Gasteiger partial charge on any atom is -0.503 e. The fourth-order valence-electron chi connectivity index (χ4n) is 3.14. The first kappa shape index (κ1) is 20.0. The summed E-state index contributed by atoms with van der Waals surface area (Å²) in [6.45, 7) is 10.3. The van der Waals surface area contributed by atoms with E-state index in [4.69, 9.17) is 4.74 Å². The number of hydrogen-bond donors (Lipinski definition) is 1. The van der Waals surface area contributed by atoms with Crippen molar-refractivity contribution in [1.29, 1.82) is 0 Å². The third kappa shape index (κ3) is 3.92. The van der Waals surface area contributed by atoms with Crippen molar-refractivity contribution in [2.45, 2.75) is 53.5 Å². The maximum Gasteiger partial charge on any atom is 0.290 e. The van der Waals surface area contributed by atoms with Crippen LogP contribution in [0, 0.1) is 5.41 Å². The third-order valence-corrected chi connectivity index (χ3v) is 4.47. The lowest BCUT2D eigenvalue weighted by molar-refractivity contribution is -0.129. The van der Waals surface area contributed by atoms with Gasteiger partial charge < -0.3 is 14.7 Å². The van der Waals surface area contributed by atoms with Gasteiger partial charge in [-0.15, -0.1) is 0 Å². The molecule has 0 saturated heterocycles. The van der Waals surface area contributed by atoms with Crippen molar-refractivity contribution in [2.24, 2.45) is 5.41 Å². The molecule has 26 heavy (non-hydrogen) atoms. The number of carbonyl (C=O) groups is 2. The monoisotopic (exact) mass is 359 g/mol. The van der Waals surface area contributed by atoms with Gasteiger partial charge >= 0.3 is 0 Å². The van der Waals surface area contributed by atoms with Gasteiger partial charge in [-0.2, -0.15) is 0 Å². The number of aliphatic hydroxyl groups is 1.